The van der Waals surface area contributed by atoms with Gasteiger partial charge in [-0.2, -0.15) is 0 Å². The lowest BCUT2D eigenvalue weighted by Gasteiger charge is -2.12. The maximum absolute atomic E-state index is 11.0. The molecule has 1 unspecified atom stereocenters. The fraction of sp³-hybridized carbons (Fsp3) is 0.364. The van der Waals surface area contributed by atoms with Gasteiger partial charge in [0.1, 0.15) is 6.04 Å². The van der Waals surface area contributed by atoms with Crippen molar-refractivity contribution in [2.75, 3.05) is 13.2 Å². The summed E-state index contributed by atoms with van der Waals surface area (Å²) >= 11 is 0. The summed E-state index contributed by atoms with van der Waals surface area (Å²) < 4.78 is 10.9. The number of carbonyl (C=O) groups excluding carboxylic acids is 1. The van der Waals surface area contributed by atoms with Crippen LogP contribution in [0.5, 0.6) is 11.5 Å². The molecule has 1 aromatic rings. The number of primary amides is 1. The van der Waals surface area contributed by atoms with E-state index in [2.05, 4.69) is 0 Å². The second kappa shape index (κ2) is 4.40. The SMILES string of the molecule is NC(=O)C(N)c1ccc2c(c1)OCCCO2. The number of benzene rings is 1. The number of rotatable bonds is 2. The average molecular weight is 222 g/mol. The number of carbonyl (C=O) groups is 1. The van der Waals surface area contributed by atoms with Crippen molar-refractivity contribution in [1.82, 2.24) is 0 Å². The fourth-order valence-corrected chi connectivity index (χ4v) is 1.54. The summed E-state index contributed by atoms with van der Waals surface area (Å²) in [5.41, 5.74) is 11.4. The first-order chi connectivity index (χ1) is 7.68. The van der Waals surface area contributed by atoms with Gasteiger partial charge in [-0.15, -0.1) is 0 Å². The molecule has 0 saturated carbocycles. The first-order valence-corrected chi connectivity index (χ1v) is 5.13. The van der Waals surface area contributed by atoms with Gasteiger partial charge in [0.25, 0.3) is 0 Å². The number of hydrogen-bond acceptors (Lipinski definition) is 4. The van der Waals surface area contributed by atoms with Gasteiger partial charge in [-0.25, -0.2) is 0 Å². The molecule has 1 aromatic carbocycles. The monoisotopic (exact) mass is 222 g/mol. The van der Waals surface area contributed by atoms with Crippen LogP contribution in [0, 0.1) is 0 Å². The van der Waals surface area contributed by atoms with Crippen molar-refractivity contribution in [3.8, 4) is 11.5 Å². The van der Waals surface area contributed by atoms with Gasteiger partial charge in [0, 0.05) is 6.42 Å². The lowest BCUT2D eigenvalue weighted by atomic mass is 10.1. The zero-order valence-electron chi connectivity index (χ0n) is 8.81. The highest BCUT2D eigenvalue weighted by Crippen LogP contribution is 2.31. The molecule has 1 aliphatic rings. The Labute approximate surface area is 93.3 Å². The van der Waals surface area contributed by atoms with Gasteiger partial charge >= 0.3 is 0 Å². The van der Waals surface area contributed by atoms with Crippen LogP contribution in [0.4, 0.5) is 0 Å². The maximum atomic E-state index is 11.0. The van der Waals surface area contributed by atoms with Crippen LogP contribution >= 0.6 is 0 Å². The third-order valence-corrected chi connectivity index (χ3v) is 2.44. The molecule has 5 heteroatoms. The van der Waals surface area contributed by atoms with E-state index in [1.807, 2.05) is 0 Å². The van der Waals surface area contributed by atoms with E-state index >= 15 is 0 Å². The number of fused-ring (bicyclic) bond motifs is 1. The Balaban J connectivity index is 2.30. The van der Waals surface area contributed by atoms with Crippen molar-refractivity contribution in [3.63, 3.8) is 0 Å². The Kier molecular flexibility index (Phi) is 2.96. The Hall–Kier alpha value is -1.75. The topological polar surface area (TPSA) is 87.6 Å². The summed E-state index contributed by atoms with van der Waals surface area (Å²) in [6.07, 6.45) is 0.839. The van der Waals surface area contributed by atoms with Crippen molar-refractivity contribution in [3.05, 3.63) is 23.8 Å². The van der Waals surface area contributed by atoms with Gasteiger partial charge in [0.15, 0.2) is 11.5 Å². The van der Waals surface area contributed by atoms with Crippen molar-refractivity contribution in [2.24, 2.45) is 11.5 Å². The van der Waals surface area contributed by atoms with Crippen LogP contribution in [-0.2, 0) is 4.79 Å². The van der Waals surface area contributed by atoms with Crippen LogP contribution in [0.2, 0.25) is 0 Å². The molecule has 4 N–H and O–H groups in total. The molecule has 0 radical (unpaired) electrons. The van der Waals surface area contributed by atoms with Gasteiger partial charge in [-0.1, -0.05) is 6.07 Å². The predicted molar refractivity (Wildman–Crippen MR) is 58.2 cm³/mol. The lowest BCUT2D eigenvalue weighted by Crippen LogP contribution is -2.28. The zero-order chi connectivity index (χ0) is 11.5. The smallest absolute Gasteiger partial charge is 0.238 e. The van der Waals surface area contributed by atoms with E-state index in [-0.39, 0.29) is 0 Å². The van der Waals surface area contributed by atoms with Gasteiger partial charge in [0.2, 0.25) is 5.91 Å². The molecule has 0 aromatic heterocycles. The van der Waals surface area contributed by atoms with E-state index in [0.29, 0.717) is 30.3 Å². The van der Waals surface area contributed by atoms with Crippen LogP contribution in [0.1, 0.15) is 18.0 Å². The van der Waals surface area contributed by atoms with Gasteiger partial charge in [-0.05, 0) is 17.7 Å². The second-order valence-corrected chi connectivity index (χ2v) is 3.64. The minimum Gasteiger partial charge on any atom is -0.490 e. The third kappa shape index (κ3) is 2.09. The van der Waals surface area contributed by atoms with E-state index in [4.69, 9.17) is 20.9 Å². The van der Waals surface area contributed by atoms with Gasteiger partial charge in [-0.3, -0.25) is 4.79 Å². The van der Waals surface area contributed by atoms with E-state index < -0.39 is 11.9 Å². The molecule has 1 aliphatic heterocycles. The first kappa shape index (κ1) is 10.8. The standard InChI is InChI=1S/C11H14N2O3/c12-10(11(13)14)7-2-3-8-9(6-7)16-5-1-4-15-8/h2-3,6,10H,1,4-5,12H2,(H2,13,14). The third-order valence-electron chi connectivity index (χ3n) is 2.44. The summed E-state index contributed by atoms with van der Waals surface area (Å²) in [5, 5.41) is 0. The quantitative estimate of drug-likeness (QED) is 0.755. The highest BCUT2D eigenvalue weighted by Gasteiger charge is 2.16. The summed E-state index contributed by atoms with van der Waals surface area (Å²) in [7, 11) is 0. The van der Waals surface area contributed by atoms with E-state index in [0.717, 1.165) is 6.42 Å². The lowest BCUT2D eigenvalue weighted by molar-refractivity contribution is -0.119. The Bertz CT molecular complexity index is 406. The molecule has 1 heterocycles. The summed E-state index contributed by atoms with van der Waals surface area (Å²) in [4.78, 5) is 11.0. The molecule has 86 valence electrons. The molecule has 1 atom stereocenters. The molecule has 2 rings (SSSR count). The fourth-order valence-electron chi connectivity index (χ4n) is 1.54. The molecule has 5 nitrogen and oxygen atoms in total. The molecular weight excluding hydrogens is 208 g/mol. The Morgan fingerprint density at radius 2 is 1.94 bits per heavy atom. The van der Waals surface area contributed by atoms with Crippen molar-refractivity contribution in [2.45, 2.75) is 12.5 Å². The predicted octanol–water partition coefficient (Wildman–Crippen LogP) is 0.333. The van der Waals surface area contributed by atoms with Crippen LogP contribution in [0.15, 0.2) is 18.2 Å². The number of amides is 1. The molecule has 0 spiro atoms. The van der Waals surface area contributed by atoms with Crippen molar-refractivity contribution in [1.29, 1.82) is 0 Å². The molecular formula is C11H14N2O3. The molecule has 1 amide bonds. The highest BCUT2D eigenvalue weighted by molar-refractivity contribution is 5.81. The number of ether oxygens (including phenoxy) is 2. The largest absolute Gasteiger partial charge is 0.490 e. The minimum absolute atomic E-state index is 0.561. The van der Waals surface area contributed by atoms with Gasteiger partial charge in [0.05, 0.1) is 13.2 Å². The van der Waals surface area contributed by atoms with Crippen LogP contribution in [0.3, 0.4) is 0 Å². The Morgan fingerprint density at radius 1 is 1.25 bits per heavy atom. The van der Waals surface area contributed by atoms with E-state index in [9.17, 15) is 4.79 Å². The highest BCUT2D eigenvalue weighted by atomic mass is 16.5. The van der Waals surface area contributed by atoms with Crippen LogP contribution in [-0.4, -0.2) is 19.1 Å². The normalized spacial score (nSPS) is 16.3. The second-order valence-electron chi connectivity index (χ2n) is 3.64. The van der Waals surface area contributed by atoms with Crippen molar-refractivity contribution < 1.29 is 14.3 Å². The summed E-state index contributed by atoms with van der Waals surface area (Å²) in [5.74, 6) is 0.735. The minimum atomic E-state index is -0.808. The first-order valence-electron chi connectivity index (χ1n) is 5.13. The maximum Gasteiger partial charge on any atom is 0.238 e. The van der Waals surface area contributed by atoms with E-state index in [1.54, 1.807) is 18.2 Å². The molecule has 0 fully saturated rings. The zero-order valence-corrected chi connectivity index (χ0v) is 8.81. The molecule has 0 saturated heterocycles. The van der Waals surface area contributed by atoms with Crippen LogP contribution < -0.4 is 20.9 Å². The molecule has 16 heavy (non-hydrogen) atoms. The van der Waals surface area contributed by atoms with E-state index in [1.165, 1.54) is 0 Å². The summed E-state index contributed by atoms with van der Waals surface area (Å²) in [6.45, 7) is 1.23. The molecule has 0 aliphatic carbocycles. The van der Waals surface area contributed by atoms with Crippen molar-refractivity contribution >= 4 is 5.91 Å². The molecule has 0 bridgehead atoms. The number of hydrogen-bond donors (Lipinski definition) is 2. The summed E-state index contributed by atoms with van der Waals surface area (Å²) in [6, 6.07) is 4.37. The van der Waals surface area contributed by atoms with Crippen LogP contribution in [0.25, 0.3) is 0 Å². The average Bonchev–Trinajstić information content (AvgIpc) is 2.51. The Morgan fingerprint density at radius 3 is 2.62 bits per heavy atom. The van der Waals surface area contributed by atoms with Gasteiger partial charge < -0.3 is 20.9 Å². The number of nitrogens with two attached hydrogens (primary N) is 2.